The number of unbranched alkanes of at least 4 members (excludes halogenated alkanes) is 14. The maximum Gasteiger partial charge on any atom is 0.220 e. The van der Waals surface area contributed by atoms with E-state index in [0.717, 1.165) is 89.9 Å². The van der Waals surface area contributed by atoms with Crippen LogP contribution in [0.25, 0.3) is 0 Å². The molecule has 1 heterocycles. The number of nitrogens with one attached hydrogen (secondary N) is 1. The lowest BCUT2D eigenvalue weighted by molar-refractivity contribution is -0.302. The predicted molar refractivity (Wildman–Crippen MR) is 253 cm³/mol. The van der Waals surface area contributed by atoms with Gasteiger partial charge in [-0.2, -0.15) is 0 Å². The standard InChI is InChI=1S/C52H87NO8/c1-3-5-7-9-11-13-15-16-17-18-19-20-21-22-23-24-25-26-27-28-29-30-32-34-36-38-40-42-48(56)53-45(44-60-52-51(59)50(58)49(57)47(43-54)61-52)46(55)41-39-37-35-33-31-14-12-10-8-6-4-2/h5,7,11,13,16-17,19-20,22-23,25-26,31,33,39,41,45-47,49-52,54-55,57-59H,3-4,6,8-10,12,14-15,18,21,24,27-30,32,34-38,40,42-44H2,1-2H3,(H,53,56)/b7-5-,13-11-,17-16-,20-19-,23-22-,26-25-,33-31+,41-39+. The molecule has 0 spiro atoms. The summed E-state index contributed by atoms with van der Waals surface area (Å²) in [6.07, 6.45) is 51.7. The van der Waals surface area contributed by atoms with Crippen molar-refractivity contribution in [1.82, 2.24) is 5.32 Å². The van der Waals surface area contributed by atoms with E-state index >= 15 is 0 Å². The van der Waals surface area contributed by atoms with Crippen LogP contribution in [-0.4, -0.2) is 87.5 Å². The summed E-state index contributed by atoms with van der Waals surface area (Å²) in [5.41, 5.74) is 0. The maximum atomic E-state index is 13.0. The van der Waals surface area contributed by atoms with Gasteiger partial charge in [0.05, 0.1) is 25.4 Å². The monoisotopic (exact) mass is 854 g/mol. The molecule has 0 saturated carbocycles. The molecule has 1 amide bonds. The summed E-state index contributed by atoms with van der Waals surface area (Å²) in [6, 6.07) is -0.831. The van der Waals surface area contributed by atoms with Crippen LogP contribution in [0.4, 0.5) is 0 Å². The van der Waals surface area contributed by atoms with Gasteiger partial charge in [-0.15, -0.1) is 0 Å². The molecular weight excluding hydrogens is 767 g/mol. The quantitative estimate of drug-likeness (QED) is 0.0266. The lowest BCUT2D eigenvalue weighted by Crippen LogP contribution is -2.60. The van der Waals surface area contributed by atoms with Gasteiger partial charge in [0.25, 0.3) is 0 Å². The van der Waals surface area contributed by atoms with Gasteiger partial charge in [-0.1, -0.05) is 175 Å². The number of ether oxygens (including phenoxy) is 2. The van der Waals surface area contributed by atoms with Gasteiger partial charge < -0.3 is 40.3 Å². The molecular formula is C52H87NO8. The van der Waals surface area contributed by atoms with Gasteiger partial charge in [0.1, 0.15) is 24.4 Å². The molecule has 1 fully saturated rings. The average Bonchev–Trinajstić information content (AvgIpc) is 3.26. The number of hydrogen-bond donors (Lipinski definition) is 6. The Kier molecular flexibility index (Phi) is 37.9. The van der Waals surface area contributed by atoms with Crippen molar-refractivity contribution >= 4 is 5.91 Å². The van der Waals surface area contributed by atoms with E-state index in [1.807, 2.05) is 6.08 Å². The van der Waals surface area contributed by atoms with Crippen molar-refractivity contribution in [3.8, 4) is 0 Å². The zero-order chi connectivity index (χ0) is 44.4. The Balaban J connectivity index is 2.28. The summed E-state index contributed by atoms with van der Waals surface area (Å²) in [4.78, 5) is 13.0. The molecule has 0 aliphatic carbocycles. The number of carbonyl (C=O) groups excluding carboxylic acids is 1. The molecule has 61 heavy (non-hydrogen) atoms. The highest BCUT2D eigenvalue weighted by Gasteiger charge is 2.44. The highest BCUT2D eigenvalue weighted by Crippen LogP contribution is 2.22. The summed E-state index contributed by atoms with van der Waals surface area (Å²) >= 11 is 0. The Morgan fingerprint density at radius 1 is 0.574 bits per heavy atom. The van der Waals surface area contributed by atoms with Crippen LogP contribution in [0.2, 0.25) is 0 Å². The van der Waals surface area contributed by atoms with Crippen LogP contribution in [0.5, 0.6) is 0 Å². The predicted octanol–water partition coefficient (Wildman–Crippen LogP) is 10.5. The number of amides is 1. The number of hydrogen-bond acceptors (Lipinski definition) is 8. The van der Waals surface area contributed by atoms with E-state index in [2.05, 4.69) is 104 Å². The van der Waals surface area contributed by atoms with E-state index in [1.165, 1.54) is 57.8 Å². The van der Waals surface area contributed by atoms with E-state index in [1.54, 1.807) is 6.08 Å². The number of allylic oxidation sites excluding steroid dienone is 15. The highest BCUT2D eigenvalue weighted by atomic mass is 16.7. The summed E-state index contributed by atoms with van der Waals surface area (Å²) < 4.78 is 11.2. The molecule has 1 saturated heterocycles. The summed E-state index contributed by atoms with van der Waals surface area (Å²) in [5.74, 6) is -0.203. The number of aliphatic hydroxyl groups excluding tert-OH is 5. The topological polar surface area (TPSA) is 149 Å². The molecule has 6 N–H and O–H groups in total. The van der Waals surface area contributed by atoms with Crippen molar-refractivity contribution < 1.29 is 39.8 Å². The SMILES string of the molecule is CC/C=C\C/C=C\C/C=C\C/C=C\C/C=C\C/C=C\CCCCCCCCCCC(=O)NC(COC1OC(CO)C(O)C(O)C1O)C(O)/C=C/CC/C=C/CCCCCCC. The summed E-state index contributed by atoms with van der Waals surface area (Å²) in [6.45, 7) is 3.59. The van der Waals surface area contributed by atoms with Gasteiger partial charge in [0.2, 0.25) is 5.91 Å². The minimum absolute atomic E-state index is 0.203. The van der Waals surface area contributed by atoms with Crippen LogP contribution in [-0.2, 0) is 14.3 Å². The lowest BCUT2D eigenvalue weighted by Gasteiger charge is -2.40. The largest absolute Gasteiger partial charge is 0.394 e. The fourth-order valence-electron chi connectivity index (χ4n) is 6.82. The molecule has 1 aliphatic heterocycles. The molecule has 0 aromatic heterocycles. The Labute approximate surface area is 371 Å². The third-order valence-electron chi connectivity index (χ3n) is 10.6. The van der Waals surface area contributed by atoms with E-state index in [-0.39, 0.29) is 12.5 Å². The molecule has 0 radical (unpaired) electrons. The number of rotatable bonds is 38. The van der Waals surface area contributed by atoms with Crippen LogP contribution in [0.3, 0.4) is 0 Å². The molecule has 348 valence electrons. The first-order valence-electron chi connectivity index (χ1n) is 24.0. The molecule has 1 rings (SSSR count). The van der Waals surface area contributed by atoms with Gasteiger partial charge in [-0.05, 0) is 83.5 Å². The first-order chi connectivity index (χ1) is 29.8. The van der Waals surface area contributed by atoms with Gasteiger partial charge in [0, 0.05) is 6.42 Å². The van der Waals surface area contributed by atoms with Crippen molar-refractivity contribution in [2.24, 2.45) is 0 Å². The Hall–Kier alpha value is -2.89. The Morgan fingerprint density at radius 3 is 1.57 bits per heavy atom. The van der Waals surface area contributed by atoms with E-state index < -0.39 is 49.5 Å². The van der Waals surface area contributed by atoms with Crippen molar-refractivity contribution in [3.05, 3.63) is 97.2 Å². The van der Waals surface area contributed by atoms with Crippen LogP contribution < -0.4 is 5.32 Å². The third-order valence-corrected chi connectivity index (χ3v) is 10.6. The summed E-state index contributed by atoms with van der Waals surface area (Å²) in [5, 5.41) is 54.1. The van der Waals surface area contributed by atoms with Crippen LogP contribution in [0.15, 0.2) is 97.2 Å². The lowest BCUT2D eigenvalue weighted by atomic mass is 9.99. The van der Waals surface area contributed by atoms with Crippen molar-refractivity contribution in [1.29, 1.82) is 0 Å². The molecule has 7 atom stereocenters. The molecule has 1 aliphatic rings. The molecule has 0 bridgehead atoms. The molecule has 9 nitrogen and oxygen atoms in total. The number of carbonyl (C=O) groups is 1. The normalized spacial score (nSPS) is 21.3. The minimum atomic E-state index is -1.58. The zero-order valence-corrected chi connectivity index (χ0v) is 38.1. The molecule has 0 aromatic carbocycles. The Bertz CT molecular complexity index is 1270. The van der Waals surface area contributed by atoms with Gasteiger partial charge in [0.15, 0.2) is 6.29 Å². The fourth-order valence-corrected chi connectivity index (χ4v) is 6.82. The average molecular weight is 854 g/mol. The van der Waals surface area contributed by atoms with Crippen LogP contribution in [0, 0.1) is 0 Å². The minimum Gasteiger partial charge on any atom is -0.394 e. The first-order valence-corrected chi connectivity index (χ1v) is 24.0. The molecule has 0 aromatic rings. The second-order valence-electron chi connectivity index (χ2n) is 16.2. The van der Waals surface area contributed by atoms with Crippen molar-refractivity contribution in [2.45, 2.75) is 211 Å². The maximum absolute atomic E-state index is 13.0. The van der Waals surface area contributed by atoms with Crippen LogP contribution in [0.1, 0.15) is 168 Å². The van der Waals surface area contributed by atoms with Crippen molar-refractivity contribution in [2.75, 3.05) is 13.2 Å². The second-order valence-corrected chi connectivity index (χ2v) is 16.2. The third kappa shape index (κ3) is 31.6. The van der Waals surface area contributed by atoms with Crippen molar-refractivity contribution in [3.63, 3.8) is 0 Å². The zero-order valence-electron chi connectivity index (χ0n) is 38.1. The van der Waals surface area contributed by atoms with Gasteiger partial charge in [-0.25, -0.2) is 0 Å². The molecule has 9 heteroatoms. The van der Waals surface area contributed by atoms with E-state index in [4.69, 9.17) is 9.47 Å². The Morgan fingerprint density at radius 2 is 1.03 bits per heavy atom. The summed E-state index contributed by atoms with van der Waals surface area (Å²) in [7, 11) is 0. The van der Waals surface area contributed by atoms with Crippen LogP contribution >= 0.6 is 0 Å². The highest BCUT2D eigenvalue weighted by molar-refractivity contribution is 5.76. The first kappa shape index (κ1) is 56.1. The fraction of sp³-hybridized carbons (Fsp3) is 0.673. The van der Waals surface area contributed by atoms with E-state index in [0.29, 0.717) is 6.42 Å². The van der Waals surface area contributed by atoms with Gasteiger partial charge >= 0.3 is 0 Å². The van der Waals surface area contributed by atoms with E-state index in [9.17, 15) is 30.3 Å². The molecule has 7 unspecified atom stereocenters. The number of aliphatic hydroxyl groups is 5. The van der Waals surface area contributed by atoms with Gasteiger partial charge in [-0.3, -0.25) is 4.79 Å². The second kappa shape index (κ2) is 41.1. The smallest absolute Gasteiger partial charge is 0.220 e.